The third-order valence-corrected chi connectivity index (χ3v) is 3.99. The van der Waals surface area contributed by atoms with Crippen LogP contribution in [0.15, 0.2) is 46.9 Å². The molecule has 0 radical (unpaired) electrons. The molecule has 4 heteroatoms. The third kappa shape index (κ3) is 2.75. The minimum Gasteiger partial charge on any atom is -0.493 e. The van der Waals surface area contributed by atoms with Crippen molar-refractivity contribution in [1.82, 2.24) is 0 Å². The molecule has 2 N–H and O–H groups in total. The number of halogens is 1. The Morgan fingerprint density at radius 2 is 2.10 bits per heavy atom. The Kier molecular flexibility index (Phi) is 3.83. The van der Waals surface area contributed by atoms with Gasteiger partial charge in [-0.15, -0.1) is 0 Å². The molecule has 0 fully saturated rings. The fourth-order valence-electron chi connectivity index (χ4n) is 2.43. The molecule has 2 aromatic carbocycles. The van der Waals surface area contributed by atoms with E-state index >= 15 is 0 Å². The topological polar surface area (TPSA) is 44.5 Å². The monoisotopic (exact) mass is 333 g/mol. The molecule has 3 nitrogen and oxygen atoms in total. The number of ether oxygens (including phenoxy) is 2. The standard InChI is InChI=1S/C16H16BrNO2/c17-12-5-6-16(14(18)9-12)20-10-11-7-8-19-15-4-2-1-3-13(11)15/h1-6,9,11H,7-8,10,18H2. The van der Waals surface area contributed by atoms with Crippen molar-refractivity contribution < 1.29 is 9.47 Å². The highest BCUT2D eigenvalue weighted by Crippen LogP contribution is 2.34. The van der Waals surface area contributed by atoms with Crippen LogP contribution in [0.5, 0.6) is 11.5 Å². The zero-order chi connectivity index (χ0) is 13.9. The van der Waals surface area contributed by atoms with E-state index in [1.165, 1.54) is 5.56 Å². The van der Waals surface area contributed by atoms with E-state index in [0.717, 1.165) is 29.0 Å². The average Bonchev–Trinajstić information content (AvgIpc) is 2.46. The molecule has 1 aliphatic rings. The Labute approximate surface area is 126 Å². The van der Waals surface area contributed by atoms with Gasteiger partial charge in [-0.1, -0.05) is 34.1 Å². The van der Waals surface area contributed by atoms with Crippen molar-refractivity contribution in [3.05, 3.63) is 52.5 Å². The first-order valence-corrected chi connectivity index (χ1v) is 7.43. The van der Waals surface area contributed by atoms with Crippen LogP contribution < -0.4 is 15.2 Å². The Morgan fingerprint density at radius 1 is 1.25 bits per heavy atom. The van der Waals surface area contributed by atoms with E-state index in [-0.39, 0.29) is 0 Å². The quantitative estimate of drug-likeness (QED) is 0.864. The minimum atomic E-state index is 0.350. The van der Waals surface area contributed by atoms with Crippen LogP contribution in [0.4, 0.5) is 5.69 Å². The molecule has 0 spiro atoms. The first-order chi connectivity index (χ1) is 9.74. The first kappa shape index (κ1) is 13.3. The summed E-state index contributed by atoms with van der Waals surface area (Å²) in [5.41, 5.74) is 7.82. The summed E-state index contributed by atoms with van der Waals surface area (Å²) in [6.07, 6.45) is 0.966. The smallest absolute Gasteiger partial charge is 0.142 e. The van der Waals surface area contributed by atoms with Gasteiger partial charge >= 0.3 is 0 Å². The molecule has 0 amide bonds. The van der Waals surface area contributed by atoms with Gasteiger partial charge < -0.3 is 15.2 Å². The van der Waals surface area contributed by atoms with Crippen molar-refractivity contribution in [1.29, 1.82) is 0 Å². The molecule has 0 saturated carbocycles. The maximum Gasteiger partial charge on any atom is 0.142 e. The molecule has 2 aromatic rings. The lowest BCUT2D eigenvalue weighted by atomic mass is 9.94. The number of rotatable bonds is 3. The number of nitrogen functional groups attached to an aromatic ring is 1. The number of benzene rings is 2. The molecule has 20 heavy (non-hydrogen) atoms. The second-order valence-electron chi connectivity index (χ2n) is 4.87. The second kappa shape index (κ2) is 5.75. The van der Waals surface area contributed by atoms with E-state index < -0.39 is 0 Å². The SMILES string of the molecule is Nc1cc(Br)ccc1OCC1CCOc2ccccc21. The summed E-state index contributed by atoms with van der Waals surface area (Å²) in [5, 5.41) is 0. The number of nitrogens with two attached hydrogens (primary N) is 1. The number of hydrogen-bond acceptors (Lipinski definition) is 3. The Hall–Kier alpha value is -1.68. The fourth-order valence-corrected chi connectivity index (χ4v) is 2.81. The summed E-state index contributed by atoms with van der Waals surface area (Å²) in [7, 11) is 0. The van der Waals surface area contributed by atoms with Gasteiger partial charge in [0.25, 0.3) is 0 Å². The highest BCUT2D eigenvalue weighted by atomic mass is 79.9. The number of anilines is 1. The molecule has 1 aliphatic heterocycles. The molecule has 0 saturated heterocycles. The Morgan fingerprint density at radius 3 is 2.95 bits per heavy atom. The lowest BCUT2D eigenvalue weighted by molar-refractivity contribution is 0.218. The zero-order valence-electron chi connectivity index (χ0n) is 11.0. The molecule has 0 aromatic heterocycles. The third-order valence-electron chi connectivity index (χ3n) is 3.49. The van der Waals surface area contributed by atoms with Crippen molar-refractivity contribution in [2.75, 3.05) is 18.9 Å². The number of fused-ring (bicyclic) bond motifs is 1. The van der Waals surface area contributed by atoms with E-state index in [9.17, 15) is 0 Å². The molecular formula is C16H16BrNO2. The van der Waals surface area contributed by atoms with Crippen molar-refractivity contribution in [3.63, 3.8) is 0 Å². The Bertz CT molecular complexity index is 615. The van der Waals surface area contributed by atoms with Crippen LogP contribution in [0.3, 0.4) is 0 Å². The van der Waals surface area contributed by atoms with Crippen molar-refractivity contribution in [2.24, 2.45) is 0 Å². The van der Waals surface area contributed by atoms with Gasteiger partial charge in [0.2, 0.25) is 0 Å². The molecular weight excluding hydrogens is 318 g/mol. The predicted octanol–water partition coefficient (Wildman–Crippen LogP) is 3.98. The maximum atomic E-state index is 5.95. The van der Waals surface area contributed by atoms with Crippen LogP contribution >= 0.6 is 15.9 Å². The van der Waals surface area contributed by atoms with Crippen LogP contribution in [-0.2, 0) is 0 Å². The van der Waals surface area contributed by atoms with Gasteiger partial charge in [0.05, 0.1) is 18.9 Å². The summed E-state index contributed by atoms with van der Waals surface area (Å²) in [6.45, 7) is 1.35. The molecule has 1 atom stereocenters. The van der Waals surface area contributed by atoms with Crippen LogP contribution in [0, 0.1) is 0 Å². The van der Waals surface area contributed by atoms with Crippen LogP contribution in [0.25, 0.3) is 0 Å². The van der Waals surface area contributed by atoms with Gasteiger partial charge in [-0.25, -0.2) is 0 Å². The van der Waals surface area contributed by atoms with Gasteiger partial charge in [-0.2, -0.15) is 0 Å². The van der Waals surface area contributed by atoms with Crippen molar-refractivity contribution >= 4 is 21.6 Å². The lowest BCUT2D eigenvalue weighted by Crippen LogP contribution is -2.19. The van der Waals surface area contributed by atoms with Crippen LogP contribution in [0.1, 0.15) is 17.9 Å². The van der Waals surface area contributed by atoms with Gasteiger partial charge in [-0.3, -0.25) is 0 Å². The van der Waals surface area contributed by atoms with Gasteiger partial charge in [-0.05, 0) is 30.7 Å². The fraction of sp³-hybridized carbons (Fsp3) is 0.250. The zero-order valence-corrected chi connectivity index (χ0v) is 12.6. The summed E-state index contributed by atoms with van der Waals surface area (Å²) < 4.78 is 12.5. The molecule has 1 unspecified atom stereocenters. The molecule has 3 rings (SSSR count). The first-order valence-electron chi connectivity index (χ1n) is 6.63. The van der Waals surface area contributed by atoms with Crippen molar-refractivity contribution in [2.45, 2.75) is 12.3 Å². The normalized spacial score (nSPS) is 17.1. The summed E-state index contributed by atoms with van der Waals surface area (Å²) >= 11 is 3.39. The highest BCUT2D eigenvalue weighted by Gasteiger charge is 2.21. The molecule has 0 bridgehead atoms. The maximum absolute atomic E-state index is 5.95. The summed E-state index contributed by atoms with van der Waals surface area (Å²) in [6, 6.07) is 13.8. The van der Waals surface area contributed by atoms with Gasteiger partial charge in [0.1, 0.15) is 11.5 Å². The predicted molar refractivity (Wildman–Crippen MR) is 83.3 cm³/mol. The molecule has 1 heterocycles. The van der Waals surface area contributed by atoms with Crippen molar-refractivity contribution in [3.8, 4) is 11.5 Å². The van der Waals surface area contributed by atoms with E-state index in [1.807, 2.05) is 36.4 Å². The largest absolute Gasteiger partial charge is 0.493 e. The lowest BCUT2D eigenvalue weighted by Gasteiger charge is -2.26. The second-order valence-corrected chi connectivity index (χ2v) is 5.78. The van der Waals surface area contributed by atoms with Gasteiger partial charge in [0.15, 0.2) is 0 Å². The van der Waals surface area contributed by atoms with E-state index in [0.29, 0.717) is 18.2 Å². The van der Waals surface area contributed by atoms with Gasteiger partial charge in [0, 0.05) is 16.0 Å². The van der Waals surface area contributed by atoms with E-state index in [1.54, 1.807) is 0 Å². The molecule has 0 aliphatic carbocycles. The minimum absolute atomic E-state index is 0.350. The van der Waals surface area contributed by atoms with E-state index in [2.05, 4.69) is 22.0 Å². The van der Waals surface area contributed by atoms with Crippen LogP contribution in [0.2, 0.25) is 0 Å². The van der Waals surface area contributed by atoms with Crippen LogP contribution in [-0.4, -0.2) is 13.2 Å². The number of hydrogen-bond donors (Lipinski definition) is 1. The number of para-hydroxylation sites is 1. The highest BCUT2D eigenvalue weighted by molar-refractivity contribution is 9.10. The average molecular weight is 334 g/mol. The summed E-state index contributed by atoms with van der Waals surface area (Å²) in [4.78, 5) is 0. The summed E-state index contributed by atoms with van der Waals surface area (Å²) in [5.74, 6) is 2.05. The Balaban J connectivity index is 1.73. The van der Waals surface area contributed by atoms with E-state index in [4.69, 9.17) is 15.2 Å². The molecule has 104 valence electrons.